The van der Waals surface area contributed by atoms with Gasteiger partial charge in [0, 0.05) is 24.3 Å². The summed E-state index contributed by atoms with van der Waals surface area (Å²) in [6.45, 7) is 8.38. The second-order valence-corrected chi connectivity index (χ2v) is 16.6. The minimum atomic E-state index is -4.32. The van der Waals surface area contributed by atoms with Crippen LogP contribution in [0, 0.1) is 0 Å². The maximum absolute atomic E-state index is 13.9. The van der Waals surface area contributed by atoms with E-state index in [4.69, 9.17) is 10.1 Å². The van der Waals surface area contributed by atoms with Crippen molar-refractivity contribution in [2.24, 2.45) is 10.1 Å². The van der Waals surface area contributed by atoms with Gasteiger partial charge >= 0.3 is 0 Å². The number of thiazole rings is 1. The summed E-state index contributed by atoms with van der Waals surface area (Å²) in [7, 11) is -4.32. The molecule has 4 aromatic rings. The molecule has 0 aliphatic carbocycles. The lowest BCUT2D eigenvalue weighted by atomic mass is 10.0. The zero-order valence-electron chi connectivity index (χ0n) is 32.3. The van der Waals surface area contributed by atoms with Crippen LogP contribution in [0.3, 0.4) is 0 Å². The van der Waals surface area contributed by atoms with E-state index >= 15 is 0 Å². The summed E-state index contributed by atoms with van der Waals surface area (Å²) in [4.78, 5) is 25.5. The number of fused-ring (bicyclic) bond motifs is 1. The summed E-state index contributed by atoms with van der Waals surface area (Å²) in [5.41, 5.74) is 4.90. The Balaban J connectivity index is 1.20. The van der Waals surface area contributed by atoms with E-state index in [1.165, 1.54) is 112 Å². The number of benzene rings is 3. The van der Waals surface area contributed by atoms with E-state index < -0.39 is 10.1 Å². The van der Waals surface area contributed by atoms with E-state index in [1.807, 2.05) is 36.4 Å². The molecule has 1 amide bonds. The Kier molecular flexibility index (Phi) is 15.8. The number of nitrogens with zero attached hydrogens (tertiary/aromatic N) is 5. The summed E-state index contributed by atoms with van der Waals surface area (Å²) >= 11 is 1.42. The van der Waals surface area contributed by atoms with Crippen molar-refractivity contribution in [3.05, 3.63) is 66.7 Å². The number of rotatable bonds is 23. The Bertz CT molecular complexity index is 1970. The molecule has 290 valence electrons. The third-order valence-electron chi connectivity index (χ3n) is 10.1. The number of unbranched alkanes of at least 4 members (excludes halogenated alkanes) is 14. The van der Waals surface area contributed by atoms with Gasteiger partial charge < -0.3 is 4.90 Å². The molecule has 0 bridgehead atoms. The summed E-state index contributed by atoms with van der Waals surface area (Å²) in [5.74, 6) is -0.246. The van der Waals surface area contributed by atoms with Crippen molar-refractivity contribution >= 4 is 66.1 Å². The maximum atomic E-state index is 13.9. The topological polar surface area (TPSA) is 116 Å². The van der Waals surface area contributed by atoms with E-state index in [2.05, 4.69) is 42.8 Å². The first kappa shape index (κ1) is 41.2. The van der Waals surface area contributed by atoms with Crippen LogP contribution < -0.4 is 9.91 Å². The maximum Gasteiger partial charge on any atom is 0.299 e. The first-order chi connectivity index (χ1) is 26.2. The standard InChI is InChI=1S/C43H57N5O4S2/c1-4-7-8-9-10-11-12-13-14-15-16-17-18-19-20-21-38-41(44-34-24-28-35(29-25-34)47(5-2)6-3)43(49)48(46-38)36-26-22-33(23-27-36)42-45-39-32-37(54(50,51)52)30-31-40(39)53-42/h22-32H,4-21H2,1-3H3,(H,50,51,52). The van der Waals surface area contributed by atoms with Crippen LogP contribution >= 0.6 is 11.3 Å². The SMILES string of the molecule is CCCCCCCCCCCCCCCCCC1=NN(c2ccc(-c3nc4cc(S(=O)(=O)O)ccc4s3)cc2)C(=O)C1=Nc1ccc(N(CC)CC)cc1. The number of aliphatic imine (C=N–C) groups is 1. The minimum Gasteiger partial charge on any atom is -0.372 e. The highest BCUT2D eigenvalue weighted by atomic mass is 32.2. The fourth-order valence-corrected chi connectivity index (χ4v) is 8.40. The smallest absolute Gasteiger partial charge is 0.299 e. The van der Waals surface area contributed by atoms with Gasteiger partial charge in [0.05, 0.1) is 32.2 Å². The Labute approximate surface area is 326 Å². The van der Waals surface area contributed by atoms with E-state index in [0.29, 0.717) is 34.1 Å². The monoisotopic (exact) mass is 771 g/mol. The summed E-state index contributed by atoms with van der Waals surface area (Å²) in [6, 6.07) is 19.9. The Morgan fingerprint density at radius 3 is 1.87 bits per heavy atom. The number of aromatic nitrogens is 1. The van der Waals surface area contributed by atoms with Crippen LogP contribution in [-0.4, -0.2) is 48.4 Å². The molecule has 1 aliphatic rings. The average molecular weight is 772 g/mol. The molecule has 0 saturated carbocycles. The van der Waals surface area contributed by atoms with Crippen LogP contribution in [0.15, 0.2) is 81.7 Å². The van der Waals surface area contributed by atoms with Crippen molar-refractivity contribution in [1.29, 1.82) is 0 Å². The van der Waals surface area contributed by atoms with Crippen molar-refractivity contribution in [2.75, 3.05) is 23.0 Å². The molecule has 3 aromatic carbocycles. The number of carbonyl (C=O) groups is 1. The third-order valence-corrected chi connectivity index (χ3v) is 12.1. The highest BCUT2D eigenvalue weighted by Gasteiger charge is 2.32. The van der Waals surface area contributed by atoms with Gasteiger partial charge in [-0.05, 0) is 93.4 Å². The predicted molar refractivity (Wildman–Crippen MR) is 226 cm³/mol. The van der Waals surface area contributed by atoms with Crippen molar-refractivity contribution in [1.82, 2.24) is 4.98 Å². The number of anilines is 2. The molecule has 0 unspecified atom stereocenters. The van der Waals surface area contributed by atoms with E-state index in [9.17, 15) is 17.8 Å². The van der Waals surface area contributed by atoms with Gasteiger partial charge in [-0.2, -0.15) is 18.5 Å². The van der Waals surface area contributed by atoms with Gasteiger partial charge in [-0.1, -0.05) is 96.8 Å². The number of hydrazone groups is 1. The molecule has 0 atom stereocenters. The molecule has 1 aliphatic heterocycles. The molecule has 9 nitrogen and oxygen atoms in total. The molecule has 2 heterocycles. The van der Waals surface area contributed by atoms with Crippen molar-refractivity contribution in [2.45, 2.75) is 128 Å². The quantitative estimate of drug-likeness (QED) is 0.0593. The Morgan fingerprint density at radius 2 is 1.31 bits per heavy atom. The van der Waals surface area contributed by atoms with Crippen molar-refractivity contribution in [3.63, 3.8) is 0 Å². The Hall–Kier alpha value is -3.93. The zero-order chi connectivity index (χ0) is 38.3. The fraction of sp³-hybridized carbons (Fsp3) is 0.488. The van der Waals surface area contributed by atoms with Gasteiger partial charge in [0.25, 0.3) is 16.0 Å². The van der Waals surface area contributed by atoms with E-state index in [0.717, 1.165) is 47.6 Å². The van der Waals surface area contributed by atoms with Crippen LogP contribution in [0.2, 0.25) is 0 Å². The average Bonchev–Trinajstić information content (AvgIpc) is 3.74. The van der Waals surface area contributed by atoms with Gasteiger partial charge in [-0.15, -0.1) is 11.3 Å². The van der Waals surface area contributed by atoms with Crippen LogP contribution in [0.1, 0.15) is 124 Å². The van der Waals surface area contributed by atoms with Crippen molar-refractivity contribution in [3.8, 4) is 10.6 Å². The molecule has 0 saturated heterocycles. The first-order valence-corrected chi connectivity index (χ1v) is 22.3. The number of hydrogen-bond acceptors (Lipinski definition) is 8. The molecular formula is C43H57N5O4S2. The van der Waals surface area contributed by atoms with Crippen LogP contribution in [-0.2, 0) is 14.9 Å². The van der Waals surface area contributed by atoms with Gasteiger partial charge in [-0.25, -0.2) is 9.98 Å². The van der Waals surface area contributed by atoms with Gasteiger partial charge in [0.2, 0.25) is 0 Å². The molecule has 0 fully saturated rings. The molecule has 54 heavy (non-hydrogen) atoms. The zero-order valence-corrected chi connectivity index (χ0v) is 33.9. The summed E-state index contributed by atoms with van der Waals surface area (Å²) in [6.07, 6.45) is 20.1. The lowest BCUT2D eigenvalue weighted by Crippen LogP contribution is -2.27. The molecule has 1 N–H and O–H groups in total. The fourth-order valence-electron chi connectivity index (χ4n) is 6.95. The lowest BCUT2D eigenvalue weighted by molar-refractivity contribution is -0.112. The summed E-state index contributed by atoms with van der Waals surface area (Å²) < 4.78 is 33.5. The van der Waals surface area contributed by atoms with E-state index in [1.54, 1.807) is 6.07 Å². The lowest BCUT2D eigenvalue weighted by Gasteiger charge is -2.20. The normalized spacial score (nSPS) is 14.1. The molecule has 1 aromatic heterocycles. The number of amides is 1. The first-order valence-electron chi connectivity index (χ1n) is 20.1. The number of hydrogen-bond donors (Lipinski definition) is 1. The highest BCUT2D eigenvalue weighted by Crippen LogP contribution is 2.33. The molecule has 0 radical (unpaired) electrons. The van der Waals surface area contributed by atoms with Crippen LogP contribution in [0.25, 0.3) is 20.8 Å². The second kappa shape index (κ2) is 20.7. The Morgan fingerprint density at radius 1 is 0.741 bits per heavy atom. The van der Waals surface area contributed by atoms with Gasteiger partial charge in [0.1, 0.15) is 5.01 Å². The molecular weight excluding hydrogens is 715 g/mol. The van der Waals surface area contributed by atoms with Gasteiger partial charge in [0.15, 0.2) is 5.71 Å². The van der Waals surface area contributed by atoms with Crippen molar-refractivity contribution < 1.29 is 17.8 Å². The largest absolute Gasteiger partial charge is 0.372 e. The van der Waals surface area contributed by atoms with Crippen LogP contribution in [0.4, 0.5) is 17.1 Å². The van der Waals surface area contributed by atoms with E-state index in [-0.39, 0.29) is 10.8 Å². The molecule has 11 heteroatoms. The summed E-state index contributed by atoms with van der Waals surface area (Å²) in [5, 5.41) is 6.98. The van der Waals surface area contributed by atoms with Crippen LogP contribution in [0.5, 0.6) is 0 Å². The minimum absolute atomic E-state index is 0.190. The predicted octanol–water partition coefficient (Wildman–Crippen LogP) is 11.8. The molecule has 0 spiro atoms. The highest BCUT2D eigenvalue weighted by molar-refractivity contribution is 7.85. The third kappa shape index (κ3) is 11.5. The number of carbonyl (C=O) groups excluding carboxylic acids is 1. The van der Waals surface area contributed by atoms with Gasteiger partial charge in [-0.3, -0.25) is 9.35 Å². The molecule has 5 rings (SSSR count). The second-order valence-electron chi connectivity index (χ2n) is 14.2.